The second-order valence-corrected chi connectivity index (χ2v) is 5.76. The van der Waals surface area contributed by atoms with Crippen LogP contribution in [-0.2, 0) is 4.74 Å². The molecule has 0 saturated carbocycles. The monoisotopic (exact) mass is 398 g/mol. The van der Waals surface area contributed by atoms with Gasteiger partial charge in [-0.15, -0.1) is 0 Å². The molecule has 0 fully saturated rings. The number of anilines is 3. The second kappa shape index (κ2) is 8.87. The zero-order valence-electron chi connectivity index (χ0n) is 15.3. The first-order chi connectivity index (χ1) is 14.0. The van der Waals surface area contributed by atoms with Crippen molar-refractivity contribution in [1.82, 2.24) is 9.97 Å². The molecule has 3 aromatic rings. The van der Waals surface area contributed by atoms with Crippen LogP contribution in [0.3, 0.4) is 0 Å². The van der Waals surface area contributed by atoms with Gasteiger partial charge in [-0.25, -0.2) is 23.5 Å². The molecule has 0 aliphatic rings. The molecule has 9 heteroatoms. The summed E-state index contributed by atoms with van der Waals surface area (Å²) >= 11 is 0. The van der Waals surface area contributed by atoms with Crippen molar-refractivity contribution in [1.29, 1.82) is 0 Å². The summed E-state index contributed by atoms with van der Waals surface area (Å²) < 4.78 is 31.8. The van der Waals surface area contributed by atoms with Crippen molar-refractivity contribution in [2.24, 2.45) is 0 Å². The molecule has 0 unspecified atom stereocenters. The first-order valence-corrected chi connectivity index (χ1v) is 8.59. The first-order valence-electron chi connectivity index (χ1n) is 8.59. The van der Waals surface area contributed by atoms with Gasteiger partial charge >= 0.3 is 5.97 Å². The number of para-hydroxylation sites is 1. The molecule has 2 N–H and O–H groups in total. The molecular formula is C20H16F2N4O3. The van der Waals surface area contributed by atoms with Crippen molar-refractivity contribution in [2.45, 2.75) is 6.92 Å². The van der Waals surface area contributed by atoms with E-state index in [-0.39, 0.29) is 35.1 Å². The third-order valence-corrected chi connectivity index (χ3v) is 3.76. The number of hydrogen-bond donors (Lipinski definition) is 2. The predicted octanol–water partition coefficient (Wildman–Crippen LogP) is 3.93. The molecule has 148 valence electrons. The van der Waals surface area contributed by atoms with Gasteiger partial charge in [0.1, 0.15) is 29.5 Å². The highest BCUT2D eigenvalue weighted by molar-refractivity contribution is 6.07. The van der Waals surface area contributed by atoms with Crippen LogP contribution in [0, 0.1) is 11.6 Å². The number of halogens is 2. The van der Waals surface area contributed by atoms with Crippen LogP contribution in [0.25, 0.3) is 0 Å². The molecule has 0 aliphatic heterocycles. The summed E-state index contributed by atoms with van der Waals surface area (Å²) in [5.74, 6) is -2.56. The molecule has 0 atom stereocenters. The Kier molecular flexibility index (Phi) is 6.08. The number of esters is 1. The molecule has 0 bridgehead atoms. The van der Waals surface area contributed by atoms with Gasteiger partial charge in [0, 0.05) is 12.1 Å². The molecule has 2 aromatic carbocycles. The van der Waals surface area contributed by atoms with Gasteiger partial charge in [-0.05, 0) is 31.2 Å². The molecule has 0 spiro atoms. The number of carbonyl (C=O) groups excluding carboxylic acids is 2. The van der Waals surface area contributed by atoms with E-state index in [0.717, 1.165) is 18.5 Å². The number of carbonyl (C=O) groups is 2. The standard InChI is InChI=1S/C20H16F2N4O3/c1-2-29-20(28)13-5-3-4-6-15(13)26-19(27)17-10-18(24-11-23-17)25-16-8-7-12(21)9-14(16)22/h3-11H,2H2,1H3,(H,26,27)(H,23,24,25). The number of ether oxygens (including phenoxy) is 1. The van der Waals surface area contributed by atoms with E-state index in [1.165, 1.54) is 18.2 Å². The van der Waals surface area contributed by atoms with Crippen LogP contribution in [0.15, 0.2) is 54.9 Å². The third-order valence-electron chi connectivity index (χ3n) is 3.76. The SMILES string of the molecule is CCOC(=O)c1ccccc1NC(=O)c1cc(Nc2ccc(F)cc2F)ncn1. The quantitative estimate of drug-likeness (QED) is 0.611. The molecule has 29 heavy (non-hydrogen) atoms. The van der Waals surface area contributed by atoms with Gasteiger partial charge in [0.25, 0.3) is 5.91 Å². The van der Waals surface area contributed by atoms with Crippen molar-refractivity contribution < 1.29 is 23.1 Å². The largest absolute Gasteiger partial charge is 0.462 e. The number of hydrogen-bond acceptors (Lipinski definition) is 6. The van der Waals surface area contributed by atoms with E-state index in [1.54, 1.807) is 25.1 Å². The minimum Gasteiger partial charge on any atom is -0.462 e. The van der Waals surface area contributed by atoms with Crippen molar-refractivity contribution >= 4 is 29.1 Å². The Bertz CT molecular complexity index is 1060. The Hall–Kier alpha value is -3.88. The molecule has 0 saturated heterocycles. The summed E-state index contributed by atoms with van der Waals surface area (Å²) in [4.78, 5) is 32.4. The van der Waals surface area contributed by atoms with Crippen molar-refractivity contribution in [3.8, 4) is 0 Å². The van der Waals surface area contributed by atoms with Gasteiger partial charge < -0.3 is 15.4 Å². The topological polar surface area (TPSA) is 93.2 Å². The van der Waals surface area contributed by atoms with Crippen LogP contribution in [0.1, 0.15) is 27.8 Å². The van der Waals surface area contributed by atoms with Crippen LogP contribution < -0.4 is 10.6 Å². The smallest absolute Gasteiger partial charge is 0.340 e. The van der Waals surface area contributed by atoms with E-state index >= 15 is 0 Å². The number of nitrogens with one attached hydrogen (secondary N) is 2. The number of rotatable bonds is 6. The maximum atomic E-state index is 13.8. The van der Waals surface area contributed by atoms with Gasteiger partial charge in [0.05, 0.1) is 23.5 Å². The summed E-state index contributed by atoms with van der Waals surface area (Å²) in [6.45, 7) is 1.88. The lowest BCUT2D eigenvalue weighted by Gasteiger charge is -2.11. The van der Waals surface area contributed by atoms with E-state index in [4.69, 9.17) is 4.74 Å². The minimum absolute atomic E-state index is 0.0101. The fraction of sp³-hybridized carbons (Fsp3) is 0.100. The van der Waals surface area contributed by atoms with Gasteiger partial charge in [-0.2, -0.15) is 0 Å². The minimum atomic E-state index is -0.807. The van der Waals surface area contributed by atoms with Crippen LogP contribution >= 0.6 is 0 Å². The normalized spacial score (nSPS) is 10.3. The van der Waals surface area contributed by atoms with Gasteiger partial charge in [-0.3, -0.25) is 4.79 Å². The maximum absolute atomic E-state index is 13.8. The van der Waals surface area contributed by atoms with Crippen molar-refractivity contribution in [3.05, 3.63) is 77.8 Å². The average molecular weight is 398 g/mol. The van der Waals surface area contributed by atoms with Gasteiger partial charge in [0.2, 0.25) is 0 Å². The van der Waals surface area contributed by atoms with Crippen LogP contribution in [0.5, 0.6) is 0 Å². The Morgan fingerprint density at radius 2 is 1.83 bits per heavy atom. The number of amides is 1. The van der Waals surface area contributed by atoms with Crippen LogP contribution in [0.4, 0.5) is 26.0 Å². The summed E-state index contributed by atoms with van der Waals surface area (Å²) in [6, 6.07) is 10.7. The zero-order valence-corrected chi connectivity index (χ0v) is 15.3. The molecule has 0 aliphatic carbocycles. The van der Waals surface area contributed by atoms with Crippen molar-refractivity contribution in [3.63, 3.8) is 0 Å². The first kappa shape index (κ1) is 19.9. The van der Waals surface area contributed by atoms with Crippen LogP contribution in [0.2, 0.25) is 0 Å². The van der Waals surface area contributed by atoms with E-state index in [9.17, 15) is 18.4 Å². The lowest BCUT2D eigenvalue weighted by Crippen LogP contribution is -2.17. The summed E-state index contributed by atoms with van der Waals surface area (Å²) in [5, 5.41) is 5.25. The number of aromatic nitrogens is 2. The number of benzene rings is 2. The predicted molar refractivity (Wildman–Crippen MR) is 102 cm³/mol. The van der Waals surface area contributed by atoms with E-state index < -0.39 is 23.5 Å². The van der Waals surface area contributed by atoms with E-state index in [1.807, 2.05) is 0 Å². The van der Waals surface area contributed by atoms with Gasteiger partial charge in [-0.1, -0.05) is 12.1 Å². The van der Waals surface area contributed by atoms with E-state index in [2.05, 4.69) is 20.6 Å². The molecule has 1 amide bonds. The molecule has 3 rings (SSSR count). The lowest BCUT2D eigenvalue weighted by atomic mass is 10.1. The number of nitrogens with zero attached hydrogens (tertiary/aromatic N) is 2. The second-order valence-electron chi connectivity index (χ2n) is 5.76. The maximum Gasteiger partial charge on any atom is 0.340 e. The third kappa shape index (κ3) is 4.89. The Labute approximate surface area is 164 Å². The Balaban J connectivity index is 1.79. The highest BCUT2D eigenvalue weighted by Crippen LogP contribution is 2.21. The van der Waals surface area contributed by atoms with E-state index in [0.29, 0.717) is 0 Å². The summed E-state index contributed by atoms with van der Waals surface area (Å²) in [7, 11) is 0. The fourth-order valence-electron chi connectivity index (χ4n) is 2.44. The Morgan fingerprint density at radius 1 is 1.03 bits per heavy atom. The van der Waals surface area contributed by atoms with Crippen molar-refractivity contribution in [2.75, 3.05) is 17.2 Å². The summed E-state index contributed by atoms with van der Waals surface area (Å²) in [5.41, 5.74) is 0.421. The lowest BCUT2D eigenvalue weighted by molar-refractivity contribution is 0.0527. The molecule has 0 radical (unpaired) electrons. The highest BCUT2D eigenvalue weighted by Gasteiger charge is 2.16. The molecule has 7 nitrogen and oxygen atoms in total. The zero-order chi connectivity index (χ0) is 20.8. The molecule has 1 heterocycles. The summed E-state index contributed by atoms with van der Waals surface area (Å²) in [6.07, 6.45) is 1.12. The van der Waals surface area contributed by atoms with Gasteiger partial charge in [0.15, 0.2) is 0 Å². The highest BCUT2D eigenvalue weighted by atomic mass is 19.1. The Morgan fingerprint density at radius 3 is 2.59 bits per heavy atom. The molecule has 1 aromatic heterocycles. The molecular weight excluding hydrogens is 382 g/mol. The fourth-order valence-corrected chi connectivity index (χ4v) is 2.44. The van der Waals surface area contributed by atoms with Crippen LogP contribution in [-0.4, -0.2) is 28.5 Å². The average Bonchev–Trinajstić information content (AvgIpc) is 2.71.